The summed E-state index contributed by atoms with van der Waals surface area (Å²) < 4.78 is 0. The van der Waals surface area contributed by atoms with Gasteiger partial charge in [-0.3, -0.25) is 4.79 Å². The average molecular weight is 235 g/mol. The van der Waals surface area contributed by atoms with Gasteiger partial charge in [-0.05, 0) is 12.6 Å². The molecule has 0 amide bonds. The SMILES string of the molecule is CC.CCC(=O)CCN(C)Cc1ccccc1. The van der Waals surface area contributed by atoms with E-state index in [2.05, 4.69) is 24.1 Å². The summed E-state index contributed by atoms with van der Waals surface area (Å²) in [6.07, 6.45) is 1.32. The number of ketones is 1. The van der Waals surface area contributed by atoms with E-state index in [0.29, 0.717) is 18.6 Å². The number of benzene rings is 1. The van der Waals surface area contributed by atoms with Crippen LogP contribution in [0.2, 0.25) is 0 Å². The summed E-state index contributed by atoms with van der Waals surface area (Å²) >= 11 is 0. The van der Waals surface area contributed by atoms with Crippen molar-refractivity contribution in [3.05, 3.63) is 35.9 Å². The van der Waals surface area contributed by atoms with Crippen LogP contribution in [0.1, 0.15) is 39.2 Å². The van der Waals surface area contributed by atoms with Gasteiger partial charge in [0, 0.05) is 25.9 Å². The smallest absolute Gasteiger partial charge is 0.133 e. The summed E-state index contributed by atoms with van der Waals surface area (Å²) in [5, 5.41) is 0. The Kier molecular flexibility index (Phi) is 9.35. The molecule has 0 aliphatic rings. The lowest BCUT2D eigenvalue weighted by Gasteiger charge is -2.15. The molecule has 0 atom stereocenters. The average Bonchev–Trinajstić information content (AvgIpc) is 2.39. The van der Waals surface area contributed by atoms with Crippen LogP contribution in [0.5, 0.6) is 0 Å². The summed E-state index contributed by atoms with van der Waals surface area (Å²) in [5.41, 5.74) is 1.30. The van der Waals surface area contributed by atoms with Crippen LogP contribution in [0.25, 0.3) is 0 Å². The molecule has 0 bridgehead atoms. The fourth-order valence-electron chi connectivity index (χ4n) is 1.47. The van der Waals surface area contributed by atoms with Crippen molar-refractivity contribution in [2.75, 3.05) is 13.6 Å². The zero-order valence-electron chi connectivity index (χ0n) is 11.6. The van der Waals surface area contributed by atoms with E-state index >= 15 is 0 Å². The van der Waals surface area contributed by atoms with E-state index in [1.807, 2.05) is 39.0 Å². The molecule has 1 aromatic rings. The molecule has 0 N–H and O–H groups in total. The number of hydrogen-bond donors (Lipinski definition) is 0. The molecule has 2 nitrogen and oxygen atoms in total. The van der Waals surface area contributed by atoms with Crippen molar-refractivity contribution in [3.63, 3.8) is 0 Å². The molecular formula is C15H25NO. The highest BCUT2D eigenvalue weighted by Crippen LogP contribution is 2.03. The standard InChI is InChI=1S/C13H19NO.C2H6/c1-3-13(15)9-10-14(2)11-12-7-5-4-6-8-12;1-2/h4-8H,3,9-11H2,1-2H3;1-2H3. The van der Waals surface area contributed by atoms with E-state index in [1.54, 1.807) is 0 Å². The van der Waals surface area contributed by atoms with Crippen LogP contribution >= 0.6 is 0 Å². The van der Waals surface area contributed by atoms with Crippen LogP contribution < -0.4 is 0 Å². The summed E-state index contributed by atoms with van der Waals surface area (Å²) in [6, 6.07) is 10.3. The fourth-order valence-corrected chi connectivity index (χ4v) is 1.47. The third-order valence-electron chi connectivity index (χ3n) is 2.46. The number of rotatable bonds is 6. The van der Waals surface area contributed by atoms with Crippen molar-refractivity contribution in [1.82, 2.24) is 4.90 Å². The normalized spacial score (nSPS) is 9.71. The molecular weight excluding hydrogens is 210 g/mol. The Hall–Kier alpha value is -1.15. The molecule has 2 heteroatoms. The van der Waals surface area contributed by atoms with Gasteiger partial charge in [0.2, 0.25) is 0 Å². The topological polar surface area (TPSA) is 20.3 Å². The van der Waals surface area contributed by atoms with Gasteiger partial charge in [-0.1, -0.05) is 51.1 Å². The van der Waals surface area contributed by atoms with Crippen LogP contribution in [0.15, 0.2) is 30.3 Å². The molecule has 96 valence electrons. The predicted molar refractivity (Wildman–Crippen MR) is 74.0 cm³/mol. The minimum atomic E-state index is 0.343. The summed E-state index contributed by atoms with van der Waals surface area (Å²) in [5.74, 6) is 0.343. The second-order valence-corrected chi connectivity index (χ2v) is 3.87. The molecule has 0 fully saturated rings. The minimum absolute atomic E-state index is 0.343. The first-order chi connectivity index (χ1) is 8.22. The molecule has 0 saturated carbocycles. The number of Topliss-reactive ketones (excluding diaryl/α,β-unsaturated/α-hetero) is 1. The third-order valence-corrected chi connectivity index (χ3v) is 2.46. The van der Waals surface area contributed by atoms with Crippen molar-refractivity contribution >= 4 is 5.78 Å². The highest BCUT2D eigenvalue weighted by molar-refractivity contribution is 5.78. The lowest BCUT2D eigenvalue weighted by Crippen LogP contribution is -2.21. The van der Waals surface area contributed by atoms with Gasteiger partial charge in [-0.2, -0.15) is 0 Å². The molecule has 0 spiro atoms. The highest BCUT2D eigenvalue weighted by atomic mass is 16.1. The highest BCUT2D eigenvalue weighted by Gasteiger charge is 2.03. The Labute approximate surface area is 106 Å². The van der Waals surface area contributed by atoms with E-state index < -0.39 is 0 Å². The number of carbonyl (C=O) groups is 1. The van der Waals surface area contributed by atoms with Crippen LogP contribution in [0, 0.1) is 0 Å². The van der Waals surface area contributed by atoms with Crippen molar-refractivity contribution in [1.29, 1.82) is 0 Å². The Morgan fingerprint density at radius 1 is 1.18 bits per heavy atom. The van der Waals surface area contributed by atoms with E-state index in [4.69, 9.17) is 0 Å². The molecule has 17 heavy (non-hydrogen) atoms. The molecule has 0 heterocycles. The van der Waals surface area contributed by atoms with E-state index in [0.717, 1.165) is 13.1 Å². The Morgan fingerprint density at radius 3 is 2.29 bits per heavy atom. The molecule has 1 aromatic carbocycles. The molecule has 0 aliphatic heterocycles. The Balaban J connectivity index is 0.00000121. The van der Waals surface area contributed by atoms with Crippen LogP contribution in [0.4, 0.5) is 0 Å². The zero-order valence-corrected chi connectivity index (χ0v) is 11.6. The molecule has 0 aliphatic carbocycles. The minimum Gasteiger partial charge on any atom is -0.302 e. The molecule has 0 unspecified atom stereocenters. The largest absolute Gasteiger partial charge is 0.302 e. The monoisotopic (exact) mass is 235 g/mol. The maximum absolute atomic E-state index is 11.1. The Bertz CT molecular complexity index is 295. The van der Waals surface area contributed by atoms with Crippen LogP contribution in [-0.4, -0.2) is 24.3 Å². The quantitative estimate of drug-likeness (QED) is 0.752. The van der Waals surface area contributed by atoms with Crippen molar-refractivity contribution in [2.45, 2.75) is 40.2 Å². The van der Waals surface area contributed by atoms with Crippen LogP contribution in [0.3, 0.4) is 0 Å². The molecule has 0 saturated heterocycles. The lowest BCUT2D eigenvalue weighted by molar-refractivity contribution is -0.119. The number of nitrogens with zero attached hydrogens (tertiary/aromatic N) is 1. The van der Waals surface area contributed by atoms with E-state index in [1.165, 1.54) is 5.56 Å². The van der Waals surface area contributed by atoms with Gasteiger partial charge in [-0.15, -0.1) is 0 Å². The van der Waals surface area contributed by atoms with Gasteiger partial charge >= 0.3 is 0 Å². The summed E-state index contributed by atoms with van der Waals surface area (Å²) in [4.78, 5) is 13.3. The second-order valence-electron chi connectivity index (χ2n) is 3.87. The first-order valence-corrected chi connectivity index (χ1v) is 6.46. The van der Waals surface area contributed by atoms with E-state index in [9.17, 15) is 4.79 Å². The van der Waals surface area contributed by atoms with Crippen molar-refractivity contribution < 1.29 is 4.79 Å². The number of carbonyl (C=O) groups excluding carboxylic acids is 1. The fraction of sp³-hybridized carbons (Fsp3) is 0.533. The van der Waals surface area contributed by atoms with Crippen LogP contribution in [-0.2, 0) is 11.3 Å². The Morgan fingerprint density at radius 2 is 1.76 bits per heavy atom. The summed E-state index contributed by atoms with van der Waals surface area (Å²) in [6.45, 7) is 7.68. The maximum atomic E-state index is 11.1. The summed E-state index contributed by atoms with van der Waals surface area (Å²) in [7, 11) is 2.05. The van der Waals surface area contributed by atoms with Gasteiger partial charge in [0.1, 0.15) is 5.78 Å². The van der Waals surface area contributed by atoms with Gasteiger partial charge in [0.25, 0.3) is 0 Å². The van der Waals surface area contributed by atoms with E-state index in [-0.39, 0.29) is 0 Å². The molecule has 0 aromatic heterocycles. The first kappa shape index (κ1) is 15.9. The van der Waals surface area contributed by atoms with Crippen molar-refractivity contribution in [3.8, 4) is 0 Å². The number of hydrogen-bond acceptors (Lipinski definition) is 2. The maximum Gasteiger partial charge on any atom is 0.133 e. The van der Waals surface area contributed by atoms with Gasteiger partial charge in [0.15, 0.2) is 0 Å². The van der Waals surface area contributed by atoms with Gasteiger partial charge in [0.05, 0.1) is 0 Å². The van der Waals surface area contributed by atoms with Crippen molar-refractivity contribution in [2.24, 2.45) is 0 Å². The molecule has 0 radical (unpaired) electrons. The molecule has 1 rings (SSSR count). The lowest BCUT2D eigenvalue weighted by atomic mass is 10.2. The zero-order chi connectivity index (χ0) is 13.1. The third kappa shape index (κ3) is 7.70. The van der Waals surface area contributed by atoms with Gasteiger partial charge < -0.3 is 4.90 Å². The second kappa shape index (κ2) is 10.0. The first-order valence-electron chi connectivity index (χ1n) is 6.46. The predicted octanol–water partition coefficient (Wildman–Crippen LogP) is 3.51. The van der Waals surface area contributed by atoms with Gasteiger partial charge in [-0.25, -0.2) is 0 Å².